The molecule has 0 saturated heterocycles. The number of rotatable bonds is 6. The summed E-state index contributed by atoms with van der Waals surface area (Å²) in [7, 11) is 1.65. The molecule has 3 rings (SSSR count). The Morgan fingerprint density at radius 3 is 2.67 bits per heavy atom. The average Bonchev–Trinajstić information content (AvgIpc) is 3.32. The van der Waals surface area contributed by atoms with Gasteiger partial charge in [0.2, 0.25) is 0 Å². The van der Waals surface area contributed by atoms with Crippen molar-refractivity contribution in [3.05, 3.63) is 52.5 Å². The Kier molecular flexibility index (Phi) is 4.46. The van der Waals surface area contributed by atoms with Gasteiger partial charge in [0.25, 0.3) is 0 Å². The van der Waals surface area contributed by atoms with Crippen LogP contribution in [0.3, 0.4) is 0 Å². The van der Waals surface area contributed by atoms with E-state index in [0.717, 1.165) is 34.3 Å². The molecule has 1 saturated carbocycles. The second-order valence-corrected chi connectivity index (χ2v) is 6.06. The van der Waals surface area contributed by atoms with E-state index in [1.54, 1.807) is 7.11 Å². The van der Waals surface area contributed by atoms with Gasteiger partial charge in [-0.3, -0.25) is 0 Å². The van der Waals surface area contributed by atoms with Crippen molar-refractivity contribution in [2.24, 2.45) is 0 Å². The summed E-state index contributed by atoms with van der Waals surface area (Å²) in [6.45, 7) is 0.905. The van der Waals surface area contributed by atoms with Crippen LogP contribution in [0.4, 0.5) is 0 Å². The van der Waals surface area contributed by atoms with E-state index in [1.807, 2.05) is 30.3 Å². The van der Waals surface area contributed by atoms with Crippen LogP contribution in [0.5, 0.6) is 17.2 Å². The van der Waals surface area contributed by atoms with Crippen molar-refractivity contribution in [2.45, 2.75) is 25.4 Å². The Morgan fingerprint density at radius 2 is 1.95 bits per heavy atom. The quantitative estimate of drug-likeness (QED) is 0.834. The summed E-state index contributed by atoms with van der Waals surface area (Å²) < 4.78 is 12.1. The molecular formula is C17H18BrNO2. The molecule has 1 fully saturated rings. The van der Waals surface area contributed by atoms with Crippen molar-refractivity contribution in [1.29, 1.82) is 0 Å². The maximum Gasteiger partial charge on any atom is 0.141 e. The number of benzene rings is 2. The fourth-order valence-corrected chi connectivity index (χ4v) is 2.59. The van der Waals surface area contributed by atoms with Crippen LogP contribution in [0.1, 0.15) is 18.4 Å². The molecular weight excluding hydrogens is 330 g/mol. The van der Waals surface area contributed by atoms with E-state index < -0.39 is 0 Å². The summed E-state index contributed by atoms with van der Waals surface area (Å²) in [5, 5.41) is 3.51. The average molecular weight is 348 g/mol. The van der Waals surface area contributed by atoms with E-state index in [9.17, 15) is 0 Å². The summed E-state index contributed by atoms with van der Waals surface area (Å²) in [6.07, 6.45) is 2.61. The second kappa shape index (κ2) is 6.50. The van der Waals surface area contributed by atoms with Crippen LogP contribution in [0.25, 0.3) is 0 Å². The van der Waals surface area contributed by atoms with Crippen molar-refractivity contribution < 1.29 is 9.47 Å². The lowest BCUT2D eigenvalue weighted by Crippen LogP contribution is -2.15. The molecule has 21 heavy (non-hydrogen) atoms. The highest BCUT2D eigenvalue weighted by Crippen LogP contribution is 2.32. The van der Waals surface area contributed by atoms with Crippen molar-refractivity contribution >= 4 is 15.9 Å². The Morgan fingerprint density at radius 1 is 1.14 bits per heavy atom. The molecule has 110 valence electrons. The molecule has 1 aliphatic carbocycles. The predicted octanol–water partition coefficient (Wildman–Crippen LogP) is 4.50. The monoisotopic (exact) mass is 347 g/mol. The molecule has 0 radical (unpaired) electrons. The molecule has 0 bridgehead atoms. The number of hydrogen-bond acceptors (Lipinski definition) is 3. The van der Waals surface area contributed by atoms with Gasteiger partial charge in [-0.2, -0.15) is 0 Å². The van der Waals surface area contributed by atoms with Crippen molar-refractivity contribution in [3.8, 4) is 17.2 Å². The first-order chi connectivity index (χ1) is 10.2. The van der Waals surface area contributed by atoms with Crippen LogP contribution in [-0.4, -0.2) is 13.2 Å². The van der Waals surface area contributed by atoms with E-state index in [1.165, 1.54) is 18.4 Å². The summed E-state index contributed by atoms with van der Waals surface area (Å²) in [5.74, 6) is 2.35. The third kappa shape index (κ3) is 3.99. The molecule has 1 N–H and O–H groups in total. The normalized spacial score (nSPS) is 14.0. The van der Waals surface area contributed by atoms with E-state index in [0.29, 0.717) is 0 Å². The van der Waals surface area contributed by atoms with E-state index in [-0.39, 0.29) is 0 Å². The zero-order chi connectivity index (χ0) is 14.7. The number of nitrogens with one attached hydrogen (secondary N) is 1. The number of hydrogen-bond donors (Lipinski definition) is 1. The Hall–Kier alpha value is -1.52. The second-order valence-electron chi connectivity index (χ2n) is 5.20. The van der Waals surface area contributed by atoms with E-state index in [4.69, 9.17) is 9.47 Å². The third-order valence-electron chi connectivity index (χ3n) is 3.44. The lowest BCUT2D eigenvalue weighted by Gasteiger charge is -2.11. The SMILES string of the molecule is COc1cccc(Oc2ccc(CNC3CC3)cc2Br)c1. The Bertz CT molecular complexity index is 626. The molecule has 0 aromatic heterocycles. The largest absolute Gasteiger partial charge is 0.497 e. The molecule has 0 heterocycles. The van der Waals surface area contributed by atoms with Crippen LogP contribution in [0.15, 0.2) is 46.9 Å². The van der Waals surface area contributed by atoms with Crippen molar-refractivity contribution in [2.75, 3.05) is 7.11 Å². The lowest BCUT2D eigenvalue weighted by atomic mass is 10.2. The molecule has 2 aromatic carbocycles. The topological polar surface area (TPSA) is 30.5 Å². The molecule has 2 aromatic rings. The number of halogens is 1. The maximum atomic E-state index is 5.90. The smallest absolute Gasteiger partial charge is 0.141 e. The molecule has 0 unspecified atom stereocenters. The minimum Gasteiger partial charge on any atom is -0.497 e. The first-order valence-electron chi connectivity index (χ1n) is 7.08. The highest BCUT2D eigenvalue weighted by molar-refractivity contribution is 9.10. The van der Waals surface area contributed by atoms with Gasteiger partial charge in [0.1, 0.15) is 17.2 Å². The van der Waals surface area contributed by atoms with E-state index in [2.05, 4.69) is 33.4 Å². The van der Waals surface area contributed by atoms with Crippen LogP contribution in [-0.2, 0) is 6.54 Å². The first kappa shape index (κ1) is 14.4. The fraction of sp³-hybridized carbons (Fsp3) is 0.294. The minimum absolute atomic E-state index is 0.719. The zero-order valence-corrected chi connectivity index (χ0v) is 13.5. The van der Waals surface area contributed by atoms with Gasteiger partial charge in [0.15, 0.2) is 0 Å². The van der Waals surface area contributed by atoms with Gasteiger partial charge in [-0.15, -0.1) is 0 Å². The highest BCUT2D eigenvalue weighted by Gasteiger charge is 2.20. The Labute approximate surface area is 133 Å². The predicted molar refractivity (Wildman–Crippen MR) is 87.1 cm³/mol. The summed E-state index contributed by atoms with van der Waals surface area (Å²) in [4.78, 5) is 0. The Balaban J connectivity index is 1.69. The number of ether oxygens (including phenoxy) is 2. The van der Waals surface area contributed by atoms with Gasteiger partial charge in [0, 0.05) is 18.7 Å². The van der Waals surface area contributed by atoms with Gasteiger partial charge in [0.05, 0.1) is 11.6 Å². The van der Waals surface area contributed by atoms with Crippen LogP contribution in [0.2, 0.25) is 0 Å². The zero-order valence-electron chi connectivity index (χ0n) is 11.9. The molecule has 0 spiro atoms. The third-order valence-corrected chi connectivity index (χ3v) is 4.06. The van der Waals surface area contributed by atoms with Crippen LogP contribution < -0.4 is 14.8 Å². The first-order valence-corrected chi connectivity index (χ1v) is 7.87. The summed E-state index contributed by atoms with van der Waals surface area (Å²) in [6, 6.07) is 14.5. The van der Waals surface area contributed by atoms with Crippen molar-refractivity contribution in [1.82, 2.24) is 5.32 Å². The fourth-order valence-electron chi connectivity index (χ4n) is 2.08. The van der Waals surface area contributed by atoms with Gasteiger partial charge in [-0.1, -0.05) is 12.1 Å². The van der Waals surface area contributed by atoms with Gasteiger partial charge >= 0.3 is 0 Å². The van der Waals surface area contributed by atoms with Crippen LogP contribution in [0, 0.1) is 0 Å². The highest BCUT2D eigenvalue weighted by atomic mass is 79.9. The standard InChI is InChI=1S/C17H18BrNO2/c1-20-14-3-2-4-15(10-14)21-17-8-5-12(9-16(17)18)11-19-13-6-7-13/h2-5,8-10,13,19H,6-7,11H2,1H3. The van der Waals surface area contributed by atoms with Gasteiger partial charge in [-0.25, -0.2) is 0 Å². The molecule has 1 aliphatic rings. The molecule has 3 nitrogen and oxygen atoms in total. The summed E-state index contributed by atoms with van der Waals surface area (Å²) in [5.41, 5.74) is 1.26. The number of methoxy groups -OCH3 is 1. The summed E-state index contributed by atoms with van der Waals surface area (Å²) >= 11 is 3.58. The van der Waals surface area contributed by atoms with Gasteiger partial charge < -0.3 is 14.8 Å². The minimum atomic E-state index is 0.719. The molecule has 0 atom stereocenters. The maximum absolute atomic E-state index is 5.90. The van der Waals surface area contributed by atoms with Crippen molar-refractivity contribution in [3.63, 3.8) is 0 Å². The lowest BCUT2D eigenvalue weighted by molar-refractivity contribution is 0.409. The van der Waals surface area contributed by atoms with E-state index >= 15 is 0 Å². The molecule has 4 heteroatoms. The molecule has 0 amide bonds. The van der Waals surface area contributed by atoms with Gasteiger partial charge in [-0.05, 0) is 58.6 Å². The van der Waals surface area contributed by atoms with Crippen LogP contribution >= 0.6 is 15.9 Å². The molecule has 0 aliphatic heterocycles.